The molecular weight excluding hydrogens is 356 g/mol. The quantitative estimate of drug-likeness (QED) is 0.852. The molecule has 3 amide bonds. The fourth-order valence-corrected chi connectivity index (χ4v) is 2.75. The number of carbonyl (C=O) groups is 3. The van der Waals surface area contributed by atoms with Crippen molar-refractivity contribution < 1.29 is 23.2 Å². The molecule has 0 unspecified atom stereocenters. The molecular formula is C19H17F2N3O3. The van der Waals surface area contributed by atoms with Crippen molar-refractivity contribution in [2.45, 2.75) is 6.54 Å². The lowest BCUT2D eigenvalue weighted by Gasteiger charge is -2.26. The molecule has 2 aromatic rings. The topological polar surface area (TPSA) is 78.5 Å². The number of nitrogens with zero attached hydrogens (tertiary/aromatic N) is 1. The van der Waals surface area contributed by atoms with Gasteiger partial charge in [0, 0.05) is 25.2 Å². The van der Waals surface area contributed by atoms with E-state index in [0.29, 0.717) is 24.2 Å². The van der Waals surface area contributed by atoms with Gasteiger partial charge in [0.2, 0.25) is 5.91 Å². The van der Waals surface area contributed by atoms with Crippen LogP contribution in [0.1, 0.15) is 26.3 Å². The summed E-state index contributed by atoms with van der Waals surface area (Å²) in [6, 6.07) is 9.65. The second kappa shape index (κ2) is 7.94. The van der Waals surface area contributed by atoms with Crippen LogP contribution in [0.2, 0.25) is 0 Å². The highest BCUT2D eigenvalue weighted by Gasteiger charge is 2.22. The number of halogens is 2. The fraction of sp³-hybridized carbons (Fsp3) is 0.211. The average molecular weight is 373 g/mol. The Hall–Kier alpha value is -3.29. The van der Waals surface area contributed by atoms with Gasteiger partial charge in [-0.2, -0.15) is 0 Å². The van der Waals surface area contributed by atoms with Crippen LogP contribution >= 0.6 is 0 Å². The van der Waals surface area contributed by atoms with Gasteiger partial charge in [-0.05, 0) is 29.8 Å². The van der Waals surface area contributed by atoms with Crippen molar-refractivity contribution in [3.8, 4) is 0 Å². The highest BCUT2D eigenvalue weighted by atomic mass is 19.1. The molecule has 0 spiro atoms. The van der Waals surface area contributed by atoms with E-state index in [-0.39, 0.29) is 24.9 Å². The Morgan fingerprint density at radius 1 is 1.07 bits per heavy atom. The molecule has 0 aromatic heterocycles. The Kier molecular flexibility index (Phi) is 5.44. The van der Waals surface area contributed by atoms with Crippen LogP contribution in [0.25, 0.3) is 0 Å². The second-order valence-electron chi connectivity index (χ2n) is 6.05. The lowest BCUT2D eigenvalue weighted by molar-refractivity contribution is -0.123. The number of hydrogen-bond donors (Lipinski definition) is 2. The van der Waals surface area contributed by atoms with Crippen molar-refractivity contribution in [3.63, 3.8) is 0 Å². The molecule has 27 heavy (non-hydrogen) atoms. The molecule has 1 heterocycles. The van der Waals surface area contributed by atoms with Gasteiger partial charge >= 0.3 is 0 Å². The molecule has 2 aromatic carbocycles. The molecule has 0 radical (unpaired) electrons. The summed E-state index contributed by atoms with van der Waals surface area (Å²) in [6.45, 7) is 0.927. The van der Waals surface area contributed by atoms with Crippen molar-refractivity contribution in [2.24, 2.45) is 0 Å². The summed E-state index contributed by atoms with van der Waals surface area (Å²) in [5, 5.41) is 5.10. The zero-order valence-corrected chi connectivity index (χ0v) is 14.3. The lowest BCUT2D eigenvalue weighted by atomic mass is 10.1. The van der Waals surface area contributed by atoms with E-state index in [1.807, 2.05) is 0 Å². The molecule has 0 atom stereocenters. The maximum Gasteiger partial charge on any atom is 0.257 e. The summed E-state index contributed by atoms with van der Waals surface area (Å²) in [5.41, 5.74) is 0.445. The normalized spacial score (nSPS) is 13.9. The van der Waals surface area contributed by atoms with Crippen LogP contribution in [0.5, 0.6) is 0 Å². The van der Waals surface area contributed by atoms with E-state index >= 15 is 0 Å². The Labute approximate surface area is 154 Å². The molecule has 8 heteroatoms. The molecule has 1 aliphatic heterocycles. The number of amides is 3. The predicted octanol–water partition coefficient (Wildman–Crippen LogP) is 1.47. The van der Waals surface area contributed by atoms with Gasteiger partial charge in [0.1, 0.15) is 17.2 Å². The van der Waals surface area contributed by atoms with Gasteiger partial charge in [-0.1, -0.05) is 18.2 Å². The number of rotatable bonds is 4. The standard InChI is InChI=1S/C19H17F2N3O3/c20-14-2-1-3-15(21)17(14)18(26)23-10-12-4-6-13(7-5-12)19(27)24-9-8-22-16(25)11-24/h1-7H,8-11H2,(H,22,25)(H,23,26). The van der Waals surface area contributed by atoms with Crippen molar-refractivity contribution in [1.29, 1.82) is 0 Å². The van der Waals surface area contributed by atoms with Crippen LogP contribution < -0.4 is 10.6 Å². The monoisotopic (exact) mass is 373 g/mol. The molecule has 6 nitrogen and oxygen atoms in total. The first-order chi connectivity index (χ1) is 13.0. The first kappa shape index (κ1) is 18.5. The van der Waals surface area contributed by atoms with Gasteiger partial charge in [-0.25, -0.2) is 8.78 Å². The summed E-state index contributed by atoms with van der Waals surface area (Å²) < 4.78 is 27.2. The minimum absolute atomic E-state index is 0.0187. The maximum atomic E-state index is 13.6. The molecule has 0 bridgehead atoms. The lowest BCUT2D eigenvalue weighted by Crippen LogP contribution is -2.49. The molecule has 0 saturated carbocycles. The van der Waals surface area contributed by atoms with Gasteiger partial charge in [-0.15, -0.1) is 0 Å². The Bertz CT molecular complexity index is 864. The minimum Gasteiger partial charge on any atom is -0.353 e. The van der Waals surface area contributed by atoms with Crippen molar-refractivity contribution in [2.75, 3.05) is 19.6 Å². The van der Waals surface area contributed by atoms with E-state index < -0.39 is 23.1 Å². The highest BCUT2D eigenvalue weighted by molar-refractivity contribution is 5.97. The summed E-state index contributed by atoms with van der Waals surface area (Å²) in [4.78, 5) is 37.2. The van der Waals surface area contributed by atoms with Crippen molar-refractivity contribution in [1.82, 2.24) is 15.5 Å². The fourth-order valence-electron chi connectivity index (χ4n) is 2.75. The number of benzene rings is 2. The molecule has 3 rings (SSSR count). The van der Waals surface area contributed by atoms with Crippen molar-refractivity contribution in [3.05, 3.63) is 70.8 Å². The van der Waals surface area contributed by atoms with Crippen LogP contribution in [0.3, 0.4) is 0 Å². The van der Waals surface area contributed by atoms with E-state index in [1.54, 1.807) is 24.3 Å². The van der Waals surface area contributed by atoms with Gasteiger partial charge in [0.25, 0.3) is 11.8 Å². The predicted molar refractivity (Wildman–Crippen MR) is 92.9 cm³/mol. The van der Waals surface area contributed by atoms with Gasteiger partial charge in [0.15, 0.2) is 0 Å². The number of nitrogens with one attached hydrogen (secondary N) is 2. The van der Waals surface area contributed by atoms with Crippen LogP contribution in [0.15, 0.2) is 42.5 Å². The largest absolute Gasteiger partial charge is 0.353 e. The van der Waals surface area contributed by atoms with Crippen LogP contribution in [-0.2, 0) is 11.3 Å². The van der Waals surface area contributed by atoms with E-state index in [1.165, 1.54) is 11.0 Å². The summed E-state index contributed by atoms with van der Waals surface area (Å²) >= 11 is 0. The van der Waals surface area contributed by atoms with Crippen LogP contribution in [0, 0.1) is 11.6 Å². The second-order valence-corrected chi connectivity index (χ2v) is 6.05. The summed E-state index contributed by atoms with van der Waals surface area (Å²) in [5.74, 6) is -3.17. The third-order valence-corrected chi connectivity index (χ3v) is 4.17. The average Bonchev–Trinajstić information content (AvgIpc) is 2.66. The van der Waals surface area contributed by atoms with Crippen LogP contribution in [0.4, 0.5) is 8.78 Å². The van der Waals surface area contributed by atoms with Gasteiger partial charge < -0.3 is 15.5 Å². The molecule has 1 aliphatic rings. The van der Waals surface area contributed by atoms with Crippen LogP contribution in [-0.4, -0.2) is 42.3 Å². The molecule has 140 valence electrons. The van der Waals surface area contributed by atoms with Crippen molar-refractivity contribution >= 4 is 17.7 Å². The maximum absolute atomic E-state index is 13.6. The van der Waals surface area contributed by atoms with Gasteiger partial charge in [-0.3, -0.25) is 14.4 Å². The first-order valence-corrected chi connectivity index (χ1v) is 8.33. The van der Waals surface area contributed by atoms with E-state index in [9.17, 15) is 23.2 Å². The molecule has 1 fully saturated rings. The van der Waals surface area contributed by atoms with E-state index in [4.69, 9.17) is 0 Å². The molecule has 0 aliphatic carbocycles. The number of piperazine rings is 1. The zero-order valence-electron chi connectivity index (χ0n) is 14.3. The number of hydrogen-bond acceptors (Lipinski definition) is 3. The Morgan fingerprint density at radius 2 is 1.74 bits per heavy atom. The first-order valence-electron chi connectivity index (χ1n) is 8.33. The highest BCUT2D eigenvalue weighted by Crippen LogP contribution is 2.13. The smallest absolute Gasteiger partial charge is 0.257 e. The molecule has 1 saturated heterocycles. The Balaban J connectivity index is 1.61. The number of carbonyl (C=O) groups excluding carboxylic acids is 3. The third-order valence-electron chi connectivity index (χ3n) is 4.17. The minimum atomic E-state index is -0.931. The SMILES string of the molecule is O=C1CN(C(=O)c2ccc(CNC(=O)c3c(F)cccc3F)cc2)CCN1. The Morgan fingerprint density at radius 3 is 2.37 bits per heavy atom. The van der Waals surface area contributed by atoms with Gasteiger partial charge in [0.05, 0.1) is 6.54 Å². The van der Waals surface area contributed by atoms with E-state index in [0.717, 1.165) is 12.1 Å². The third kappa shape index (κ3) is 4.28. The zero-order chi connectivity index (χ0) is 19.4. The van der Waals surface area contributed by atoms with E-state index in [2.05, 4.69) is 10.6 Å². The summed E-state index contributed by atoms with van der Waals surface area (Å²) in [7, 11) is 0. The molecule has 2 N–H and O–H groups in total. The summed E-state index contributed by atoms with van der Waals surface area (Å²) in [6.07, 6.45) is 0.